The normalized spacial score (nSPS) is 13.2. The lowest BCUT2D eigenvalue weighted by Gasteiger charge is -2.14. The fraction of sp³-hybridized carbons (Fsp3) is 1.00. The van der Waals surface area contributed by atoms with Crippen LogP contribution in [0.3, 0.4) is 0 Å². The van der Waals surface area contributed by atoms with E-state index < -0.39 is 0 Å². The molecule has 0 aromatic rings. The number of rotatable bonds is 8. The van der Waals surface area contributed by atoms with Crippen molar-refractivity contribution in [1.82, 2.24) is 0 Å². The van der Waals surface area contributed by atoms with Crippen LogP contribution in [0, 0.1) is 0 Å². The van der Waals surface area contributed by atoms with Crippen LogP contribution in [0.15, 0.2) is 0 Å². The zero-order valence-corrected chi connectivity index (χ0v) is 8.94. The highest BCUT2D eigenvalue weighted by Crippen LogP contribution is 2.10. The highest BCUT2D eigenvalue weighted by Gasteiger charge is 2.03. The molecule has 0 aliphatic carbocycles. The van der Waals surface area contributed by atoms with Crippen LogP contribution < -0.4 is 0 Å². The van der Waals surface area contributed by atoms with Crippen LogP contribution in [0.2, 0.25) is 0 Å². The molecule has 0 aliphatic rings. The van der Waals surface area contributed by atoms with Crippen molar-refractivity contribution >= 4 is 0 Å². The second-order valence-electron chi connectivity index (χ2n) is 3.33. The minimum Gasteiger partial charge on any atom is -0.379 e. The lowest BCUT2D eigenvalue weighted by molar-refractivity contribution is 0.0523. The van der Waals surface area contributed by atoms with Gasteiger partial charge in [-0.15, -0.1) is 0 Å². The van der Waals surface area contributed by atoms with E-state index in [2.05, 4.69) is 20.8 Å². The Morgan fingerprint density at radius 2 is 1.75 bits per heavy atom. The van der Waals surface area contributed by atoms with E-state index in [-0.39, 0.29) is 0 Å². The van der Waals surface area contributed by atoms with Gasteiger partial charge in [-0.25, -0.2) is 0 Å². The van der Waals surface area contributed by atoms with Gasteiger partial charge in [0.1, 0.15) is 0 Å². The first-order valence-corrected chi connectivity index (χ1v) is 5.46. The molecular formula is C11H24O. The van der Waals surface area contributed by atoms with Crippen molar-refractivity contribution in [2.24, 2.45) is 0 Å². The van der Waals surface area contributed by atoms with Gasteiger partial charge in [-0.3, -0.25) is 0 Å². The molecule has 0 bridgehead atoms. The van der Waals surface area contributed by atoms with Gasteiger partial charge in [0.05, 0.1) is 6.10 Å². The molecule has 0 aliphatic heterocycles. The summed E-state index contributed by atoms with van der Waals surface area (Å²) in [5.74, 6) is 0. The Morgan fingerprint density at radius 1 is 1.00 bits per heavy atom. The first-order valence-electron chi connectivity index (χ1n) is 5.46. The second-order valence-corrected chi connectivity index (χ2v) is 3.33. The van der Waals surface area contributed by atoms with Gasteiger partial charge in [0.25, 0.3) is 0 Å². The number of ether oxygens (including phenoxy) is 1. The summed E-state index contributed by atoms with van der Waals surface area (Å²) < 4.78 is 5.57. The van der Waals surface area contributed by atoms with E-state index in [9.17, 15) is 0 Å². The van der Waals surface area contributed by atoms with Gasteiger partial charge in [-0.05, 0) is 19.8 Å². The molecule has 0 amide bonds. The van der Waals surface area contributed by atoms with E-state index in [1.807, 2.05) is 0 Å². The standard InChI is InChI=1S/C11H24O/c1-4-7-8-9-10-11(5-2)12-6-3/h11H,4-10H2,1-3H3/t11-/m1/s1. The summed E-state index contributed by atoms with van der Waals surface area (Å²) in [6.07, 6.45) is 8.36. The quantitative estimate of drug-likeness (QED) is 0.506. The summed E-state index contributed by atoms with van der Waals surface area (Å²) >= 11 is 0. The van der Waals surface area contributed by atoms with Gasteiger partial charge >= 0.3 is 0 Å². The van der Waals surface area contributed by atoms with Crippen LogP contribution in [0.25, 0.3) is 0 Å². The molecule has 0 rings (SSSR count). The van der Waals surface area contributed by atoms with Crippen molar-refractivity contribution < 1.29 is 4.74 Å². The smallest absolute Gasteiger partial charge is 0.0572 e. The fourth-order valence-corrected chi connectivity index (χ4v) is 1.44. The van der Waals surface area contributed by atoms with Crippen LogP contribution >= 0.6 is 0 Å². The molecule has 0 fully saturated rings. The number of unbranched alkanes of at least 4 members (excludes halogenated alkanes) is 3. The Bertz CT molecular complexity index is 81.1. The topological polar surface area (TPSA) is 9.23 Å². The largest absolute Gasteiger partial charge is 0.379 e. The molecule has 0 N–H and O–H groups in total. The number of hydrogen-bond donors (Lipinski definition) is 0. The lowest BCUT2D eigenvalue weighted by atomic mass is 10.1. The Labute approximate surface area is 77.5 Å². The van der Waals surface area contributed by atoms with Gasteiger partial charge in [0, 0.05) is 6.61 Å². The molecule has 1 heteroatoms. The Kier molecular flexibility index (Phi) is 9.02. The van der Waals surface area contributed by atoms with Crippen LogP contribution in [0.1, 0.15) is 59.3 Å². The van der Waals surface area contributed by atoms with E-state index in [1.54, 1.807) is 0 Å². The zero-order valence-electron chi connectivity index (χ0n) is 8.94. The Morgan fingerprint density at radius 3 is 2.25 bits per heavy atom. The Hall–Kier alpha value is -0.0400. The molecule has 0 aromatic heterocycles. The van der Waals surface area contributed by atoms with Gasteiger partial charge in [0.2, 0.25) is 0 Å². The van der Waals surface area contributed by atoms with Crippen LogP contribution in [-0.2, 0) is 4.74 Å². The third-order valence-corrected chi connectivity index (χ3v) is 2.24. The molecule has 0 radical (unpaired) electrons. The summed E-state index contributed by atoms with van der Waals surface area (Å²) in [5, 5.41) is 0. The van der Waals surface area contributed by atoms with Crippen LogP contribution in [0.5, 0.6) is 0 Å². The highest BCUT2D eigenvalue weighted by atomic mass is 16.5. The third kappa shape index (κ3) is 6.66. The summed E-state index contributed by atoms with van der Waals surface area (Å²) in [6.45, 7) is 7.40. The van der Waals surface area contributed by atoms with E-state index in [1.165, 1.54) is 38.5 Å². The average Bonchev–Trinajstić information content (AvgIpc) is 2.10. The maximum Gasteiger partial charge on any atom is 0.0572 e. The van der Waals surface area contributed by atoms with E-state index >= 15 is 0 Å². The molecule has 12 heavy (non-hydrogen) atoms. The molecule has 0 unspecified atom stereocenters. The van der Waals surface area contributed by atoms with Crippen molar-refractivity contribution in [3.63, 3.8) is 0 Å². The predicted octanol–water partition coefficient (Wildman–Crippen LogP) is 3.77. The molecule has 0 aromatic carbocycles. The molecule has 0 spiro atoms. The minimum atomic E-state index is 0.520. The van der Waals surface area contributed by atoms with Gasteiger partial charge in [0.15, 0.2) is 0 Å². The van der Waals surface area contributed by atoms with Gasteiger partial charge in [-0.1, -0.05) is 39.5 Å². The molecule has 1 atom stereocenters. The van der Waals surface area contributed by atoms with Crippen LogP contribution in [0.4, 0.5) is 0 Å². The van der Waals surface area contributed by atoms with Crippen molar-refractivity contribution in [2.75, 3.05) is 6.61 Å². The summed E-state index contributed by atoms with van der Waals surface area (Å²) in [6, 6.07) is 0. The SMILES string of the molecule is CCCCCC[C@@H](CC)OCC. The van der Waals surface area contributed by atoms with E-state index in [0.717, 1.165) is 6.61 Å². The summed E-state index contributed by atoms with van der Waals surface area (Å²) in [5.41, 5.74) is 0. The van der Waals surface area contributed by atoms with E-state index in [0.29, 0.717) is 6.10 Å². The molecule has 0 saturated heterocycles. The monoisotopic (exact) mass is 172 g/mol. The highest BCUT2D eigenvalue weighted by molar-refractivity contribution is 4.55. The maximum atomic E-state index is 5.57. The van der Waals surface area contributed by atoms with Gasteiger partial charge < -0.3 is 4.74 Å². The van der Waals surface area contributed by atoms with Crippen molar-refractivity contribution in [3.8, 4) is 0 Å². The minimum absolute atomic E-state index is 0.520. The first-order chi connectivity index (χ1) is 5.85. The van der Waals surface area contributed by atoms with Crippen molar-refractivity contribution in [1.29, 1.82) is 0 Å². The van der Waals surface area contributed by atoms with Gasteiger partial charge in [-0.2, -0.15) is 0 Å². The number of hydrogen-bond acceptors (Lipinski definition) is 1. The summed E-state index contributed by atoms with van der Waals surface area (Å²) in [7, 11) is 0. The third-order valence-electron chi connectivity index (χ3n) is 2.24. The first kappa shape index (κ1) is 12.0. The lowest BCUT2D eigenvalue weighted by Crippen LogP contribution is -2.11. The molecule has 74 valence electrons. The maximum absolute atomic E-state index is 5.57. The second kappa shape index (κ2) is 9.05. The van der Waals surface area contributed by atoms with Crippen molar-refractivity contribution in [3.05, 3.63) is 0 Å². The molecule has 0 heterocycles. The molecular weight excluding hydrogens is 148 g/mol. The van der Waals surface area contributed by atoms with Crippen molar-refractivity contribution in [2.45, 2.75) is 65.4 Å². The predicted molar refractivity (Wildman–Crippen MR) is 54.5 cm³/mol. The average molecular weight is 172 g/mol. The summed E-state index contributed by atoms with van der Waals surface area (Å²) in [4.78, 5) is 0. The fourth-order valence-electron chi connectivity index (χ4n) is 1.44. The molecule has 0 saturated carbocycles. The zero-order chi connectivity index (χ0) is 9.23. The van der Waals surface area contributed by atoms with E-state index in [4.69, 9.17) is 4.74 Å². The Balaban J connectivity index is 3.19. The molecule has 1 nitrogen and oxygen atoms in total. The van der Waals surface area contributed by atoms with Crippen LogP contribution in [-0.4, -0.2) is 12.7 Å².